The van der Waals surface area contributed by atoms with E-state index < -0.39 is 0 Å². The number of anilines is 1. The van der Waals surface area contributed by atoms with Crippen molar-refractivity contribution in [1.29, 1.82) is 0 Å². The maximum Gasteiger partial charge on any atom is 0.153 e. The molecule has 0 amide bonds. The van der Waals surface area contributed by atoms with Gasteiger partial charge < -0.3 is 5.32 Å². The number of aromatic nitrogens is 4. The van der Waals surface area contributed by atoms with Crippen LogP contribution in [-0.2, 0) is 7.05 Å². The predicted octanol–water partition coefficient (Wildman–Crippen LogP) is 1.93. The zero-order chi connectivity index (χ0) is 12.4. The van der Waals surface area contributed by atoms with Crippen LogP contribution in [-0.4, -0.2) is 26.3 Å². The second-order valence-corrected chi connectivity index (χ2v) is 4.02. The molecule has 17 heavy (non-hydrogen) atoms. The highest BCUT2D eigenvalue weighted by atomic mass is 15.2. The maximum atomic E-state index is 4.60. The Morgan fingerprint density at radius 1 is 1.24 bits per heavy atom. The molecule has 2 heterocycles. The first kappa shape index (κ1) is 11.6. The Morgan fingerprint density at radius 3 is 2.53 bits per heavy atom. The van der Waals surface area contributed by atoms with Crippen LogP contribution in [0.4, 0.5) is 5.82 Å². The van der Waals surface area contributed by atoms with Crippen LogP contribution in [0.15, 0.2) is 12.4 Å². The summed E-state index contributed by atoms with van der Waals surface area (Å²) in [5, 5.41) is 7.41. The number of hydrogen-bond donors (Lipinski definition) is 1. The monoisotopic (exact) mass is 231 g/mol. The highest BCUT2D eigenvalue weighted by molar-refractivity contribution is 5.70. The van der Waals surface area contributed by atoms with Gasteiger partial charge in [0.15, 0.2) is 5.82 Å². The summed E-state index contributed by atoms with van der Waals surface area (Å²) in [7, 11) is 1.89. The fourth-order valence-electron chi connectivity index (χ4n) is 1.64. The Morgan fingerprint density at radius 2 is 1.94 bits per heavy atom. The summed E-state index contributed by atoms with van der Waals surface area (Å²) in [6, 6.07) is 0. The summed E-state index contributed by atoms with van der Waals surface area (Å²) >= 11 is 0. The standard InChI is InChI=1S/C12H17N5/c1-5-13-12-11(10-6-14-17(4)7-10)15-8(2)9(3)16-12/h6-7H,5H2,1-4H3,(H,13,16). The van der Waals surface area contributed by atoms with Crippen molar-refractivity contribution in [3.8, 4) is 11.3 Å². The summed E-state index contributed by atoms with van der Waals surface area (Å²) in [5.41, 5.74) is 3.75. The molecular weight excluding hydrogens is 214 g/mol. The quantitative estimate of drug-likeness (QED) is 0.877. The summed E-state index contributed by atoms with van der Waals surface area (Å²) in [5.74, 6) is 0.823. The second-order valence-electron chi connectivity index (χ2n) is 4.02. The van der Waals surface area contributed by atoms with E-state index in [2.05, 4.69) is 20.4 Å². The maximum absolute atomic E-state index is 4.60. The Labute approximate surface area is 101 Å². The van der Waals surface area contributed by atoms with Crippen LogP contribution in [0.1, 0.15) is 18.3 Å². The minimum atomic E-state index is 0.823. The summed E-state index contributed by atoms with van der Waals surface area (Å²) in [6.07, 6.45) is 3.75. The number of hydrogen-bond acceptors (Lipinski definition) is 4. The third-order valence-corrected chi connectivity index (χ3v) is 2.63. The van der Waals surface area contributed by atoms with Crippen molar-refractivity contribution in [2.75, 3.05) is 11.9 Å². The molecule has 0 aliphatic rings. The molecule has 0 atom stereocenters. The highest BCUT2D eigenvalue weighted by Crippen LogP contribution is 2.24. The van der Waals surface area contributed by atoms with Crippen molar-refractivity contribution in [1.82, 2.24) is 19.7 Å². The lowest BCUT2D eigenvalue weighted by molar-refractivity contribution is 0.768. The van der Waals surface area contributed by atoms with E-state index in [9.17, 15) is 0 Å². The first-order valence-corrected chi connectivity index (χ1v) is 5.70. The van der Waals surface area contributed by atoms with E-state index in [0.717, 1.165) is 35.0 Å². The molecule has 0 radical (unpaired) electrons. The average molecular weight is 231 g/mol. The number of aryl methyl sites for hydroxylation is 3. The number of nitrogens with zero attached hydrogens (tertiary/aromatic N) is 4. The Hall–Kier alpha value is -1.91. The molecule has 5 heteroatoms. The van der Waals surface area contributed by atoms with Crippen molar-refractivity contribution in [2.45, 2.75) is 20.8 Å². The first-order valence-electron chi connectivity index (χ1n) is 5.70. The Kier molecular flexibility index (Phi) is 3.08. The second kappa shape index (κ2) is 4.53. The van der Waals surface area contributed by atoms with Gasteiger partial charge in [0.05, 0.1) is 17.6 Å². The third kappa shape index (κ3) is 2.27. The molecule has 5 nitrogen and oxygen atoms in total. The van der Waals surface area contributed by atoms with Gasteiger partial charge >= 0.3 is 0 Å². The lowest BCUT2D eigenvalue weighted by Crippen LogP contribution is -2.05. The third-order valence-electron chi connectivity index (χ3n) is 2.63. The van der Waals surface area contributed by atoms with Crippen LogP contribution in [0.5, 0.6) is 0 Å². The molecule has 90 valence electrons. The van der Waals surface area contributed by atoms with Gasteiger partial charge in [-0.2, -0.15) is 5.10 Å². The molecule has 0 aliphatic carbocycles. The van der Waals surface area contributed by atoms with Gasteiger partial charge in [-0.15, -0.1) is 0 Å². The van der Waals surface area contributed by atoms with Crippen molar-refractivity contribution in [3.05, 3.63) is 23.8 Å². The smallest absolute Gasteiger partial charge is 0.153 e. The molecule has 2 aromatic heterocycles. The topological polar surface area (TPSA) is 55.6 Å². The highest BCUT2D eigenvalue weighted by Gasteiger charge is 2.11. The average Bonchev–Trinajstić information content (AvgIpc) is 2.70. The van der Waals surface area contributed by atoms with Crippen molar-refractivity contribution in [3.63, 3.8) is 0 Å². The molecule has 0 aromatic carbocycles. The van der Waals surface area contributed by atoms with Gasteiger partial charge in [0.2, 0.25) is 0 Å². The van der Waals surface area contributed by atoms with Crippen molar-refractivity contribution < 1.29 is 0 Å². The Balaban J connectivity index is 2.54. The zero-order valence-corrected chi connectivity index (χ0v) is 10.7. The van der Waals surface area contributed by atoms with Crippen LogP contribution < -0.4 is 5.32 Å². The minimum Gasteiger partial charge on any atom is -0.369 e. The predicted molar refractivity (Wildman–Crippen MR) is 67.9 cm³/mol. The van der Waals surface area contributed by atoms with Crippen LogP contribution in [0.25, 0.3) is 11.3 Å². The van der Waals surface area contributed by atoms with Gasteiger partial charge in [0.25, 0.3) is 0 Å². The minimum absolute atomic E-state index is 0.823. The molecule has 2 rings (SSSR count). The van der Waals surface area contributed by atoms with E-state index in [1.54, 1.807) is 10.9 Å². The van der Waals surface area contributed by atoms with Crippen LogP contribution >= 0.6 is 0 Å². The number of nitrogens with one attached hydrogen (secondary N) is 1. The summed E-state index contributed by atoms with van der Waals surface area (Å²) in [4.78, 5) is 9.13. The van der Waals surface area contributed by atoms with Crippen LogP contribution in [0, 0.1) is 13.8 Å². The van der Waals surface area contributed by atoms with Gasteiger partial charge in [0, 0.05) is 25.4 Å². The fourth-order valence-corrected chi connectivity index (χ4v) is 1.64. The summed E-state index contributed by atoms with van der Waals surface area (Å²) in [6.45, 7) is 6.81. The molecule has 2 aromatic rings. The number of rotatable bonds is 3. The summed E-state index contributed by atoms with van der Waals surface area (Å²) < 4.78 is 1.77. The van der Waals surface area contributed by atoms with E-state index in [4.69, 9.17) is 0 Å². The molecule has 0 bridgehead atoms. The van der Waals surface area contributed by atoms with Crippen molar-refractivity contribution in [2.24, 2.45) is 7.05 Å². The Bertz CT molecular complexity index is 530. The molecular formula is C12H17N5. The lowest BCUT2D eigenvalue weighted by Gasteiger charge is -2.10. The van der Waals surface area contributed by atoms with E-state index in [1.807, 2.05) is 34.0 Å². The normalized spacial score (nSPS) is 10.6. The van der Waals surface area contributed by atoms with Crippen LogP contribution in [0.2, 0.25) is 0 Å². The fraction of sp³-hybridized carbons (Fsp3) is 0.417. The van der Waals surface area contributed by atoms with E-state index in [0.29, 0.717) is 0 Å². The largest absolute Gasteiger partial charge is 0.369 e. The molecule has 0 aliphatic heterocycles. The van der Waals surface area contributed by atoms with Gasteiger partial charge in [-0.1, -0.05) is 0 Å². The van der Waals surface area contributed by atoms with Gasteiger partial charge in [-0.3, -0.25) is 4.68 Å². The van der Waals surface area contributed by atoms with Crippen LogP contribution in [0.3, 0.4) is 0 Å². The molecule has 0 fully saturated rings. The van der Waals surface area contributed by atoms with Gasteiger partial charge in [-0.25, -0.2) is 9.97 Å². The van der Waals surface area contributed by atoms with Crippen molar-refractivity contribution >= 4 is 5.82 Å². The zero-order valence-electron chi connectivity index (χ0n) is 10.7. The first-order chi connectivity index (χ1) is 8.11. The van der Waals surface area contributed by atoms with E-state index in [-0.39, 0.29) is 0 Å². The molecule has 0 spiro atoms. The molecule has 0 saturated carbocycles. The van der Waals surface area contributed by atoms with E-state index in [1.165, 1.54) is 0 Å². The lowest BCUT2D eigenvalue weighted by atomic mass is 10.2. The molecule has 0 saturated heterocycles. The molecule has 1 N–H and O–H groups in total. The van der Waals surface area contributed by atoms with Gasteiger partial charge in [0.1, 0.15) is 5.69 Å². The SMILES string of the molecule is CCNc1nc(C)c(C)nc1-c1cnn(C)c1. The van der Waals surface area contributed by atoms with E-state index >= 15 is 0 Å². The van der Waals surface area contributed by atoms with Gasteiger partial charge in [-0.05, 0) is 20.8 Å². The molecule has 0 unspecified atom stereocenters.